The lowest BCUT2D eigenvalue weighted by molar-refractivity contribution is -0.121. The third-order valence-electron chi connectivity index (χ3n) is 5.06. The smallest absolute Gasteiger partial charge is 0.222 e. The maximum absolute atomic E-state index is 11.9. The third-order valence-corrected chi connectivity index (χ3v) is 5.06. The monoisotopic (exact) mass is 350 g/mol. The van der Waals surface area contributed by atoms with Crippen molar-refractivity contribution < 1.29 is 4.79 Å². The van der Waals surface area contributed by atoms with E-state index in [9.17, 15) is 4.79 Å². The van der Waals surface area contributed by atoms with Crippen LogP contribution in [-0.4, -0.2) is 43.2 Å². The lowest BCUT2D eigenvalue weighted by atomic mass is 9.90. The van der Waals surface area contributed by atoms with E-state index in [1.165, 1.54) is 5.56 Å². The Balaban J connectivity index is 1.47. The van der Waals surface area contributed by atoms with Gasteiger partial charge in [-0.05, 0) is 23.3 Å². The van der Waals surface area contributed by atoms with Crippen molar-refractivity contribution in [1.29, 1.82) is 0 Å². The van der Waals surface area contributed by atoms with Crippen LogP contribution in [0.3, 0.4) is 0 Å². The highest BCUT2D eigenvalue weighted by molar-refractivity contribution is 5.78. The maximum atomic E-state index is 11.9. The first-order valence-electron chi connectivity index (χ1n) is 8.67. The molecule has 7 heteroatoms. The number of primary amides is 1. The Labute approximate surface area is 152 Å². The average Bonchev–Trinajstić information content (AvgIpc) is 3.35. The van der Waals surface area contributed by atoms with Crippen LogP contribution in [0.2, 0.25) is 0 Å². The first kappa shape index (κ1) is 16.5. The molecular weight excluding hydrogens is 328 g/mol. The van der Waals surface area contributed by atoms with Gasteiger partial charge in [-0.3, -0.25) is 14.4 Å². The van der Waals surface area contributed by atoms with Gasteiger partial charge in [0, 0.05) is 56.9 Å². The Bertz CT molecular complexity index is 883. The molecule has 4 rings (SSSR count). The summed E-state index contributed by atoms with van der Waals surface area (Å²) in [6.07, 6.45) is 9.28. The summed E-state index contributed by atoms with van der Waals surface area (Å²) >= 11 is 0. The summed E-state index contributed by atoms with van der Waals surface area (Å²) in [6.45, 7) is 2.28. The number of rotatable bonds is 5. The molecule has 0 spiro atoms. The minimum absolute atomic E-state index is 0.103. The summed E-state index contributed by atoms with van der Waals surface area (Å²) in [5.74, 6) is -0.312. The lowest BCUT2D eigenvalue weighted by Gasteiger charge is -2.16. The summed E-state index contributed by atoms with van der Waals surface area (Å²) in [4.78, 5) is 18.3. The van der Waals surface area contributed by atoms with Crippen LogP contribution in [0, 0.1) is 5.92 Å². The summed E-state index contributed by atoms with van der Waals surface area (Å²) in [7, 11) is 1.89. The van der Waals surface area contributed by atoms with E-state index in [0.717, 1.165) is 24.3 Å². The van der Waals surface area contributed by atoms with Crippen molar-refractivity contribution in [3.05, 3.63) is 66.5 Å². The molecule has 3 heterocycles. The van der Waals surface area contributed by atoms with Crippen LogP contribution >= 0.6 is 0 Å². The normalized spacial score (nSPS) is 20.5. The van der Waals surface area contributed by atoms with Crippen molar-refractivity contribution in [3.8, 4) is 5.69 Å². The van der Waals surface area contributed by atoms with Crippen molar-refractivity contribution in [2.45, 2.75) is 12.5 Å². The molecule has 0 bridgehead atoms. The van der Waals surface area contributed by atoms with E-state index in [-0.39, 0.29) is 17.7 Å². The molecule has 134 valence electrons. The molecule has 2 aromatic heterocycles. The zero-order chi connectivity index (χ0) is 18.1. The zero-order valence-electron chi connectivity index (χ0n) is 14.7. The Kier molecular flexibility index (Phi) is 4.30. The SMILES string of the molecule is Cn1cc([C@H]2CN(Cc3ccc(-n4ccnc4)cc3)C[C@@H]2C(N)=O)cn1. The van der Waals surface area contributed by atoms with Crippen LogP contribution in [0.5, 0.6) is 0 Å². The van der Waals surface area contributed by atoms with Crippen molar-refractivity contribution in [1.82, 2.24) is 24.2 Å². The first-order chi connectivity index (χ1) is 12.6. The maximum Gasteiger partial charge on any atom is 0.222 e. The summed E-state index contributed by atoms with van der Waals surface area (Å²) in [5.41, 5.74) is 9.03. The summed E-state index contributed by atoms with van der Waals surface area (Å²) in [6, 6.07) is 8.40. The van der Waals surface area contributed by atoms with Crippen molar-refractivity contribution in [2.75, 3.05) is 13.1 Å². The van der Waals surface area contributed by atoms with Crippen LogP contribution in [0.4, 0.5) is 0 Å². The number of likely N-dealkylation sites (tertiary alicyclic amines) is 1. The van der Waals surface area contributed by atoms with Gasteiger partial charge in [0.25, 0.3) is 0 Å². The van der Waals surface area contributed by atoms with Crippen LogP contribution < -0.4 is 5.73 Å². The quantitative estimate of drug-likeness (QED) is 0.752. The highest BCUT2D eigenvalue weighted by Crippen LogP contribution is 2.33. The number of aryl methyl sites for hydroxylation is 1. The summed E-state index contributed by atoms with van der Waals surface area (Å²) in [5, 5.41) is 4.24. The fraction of sp³-hybridized carbons (Fsp3) is 0.316. The van der Waals surface area contributed by atoms with Gasteiger partial charge in [-0.15, -0.1) is 0 Å². The van der Waals surface area contributed by atoms with Crippen molar-refractivity contribution in [3.63, 3.8) is 0 Å². The predicted molar refractivity (Wildman–Crippen MR) is 97.5 cm³/mol. The van der Waals surface area contributed by atoms with E-state index in [1.807, 2.05) is 30.2 Å². The first-order valence-corrected chi connectivity index (χ1v) is 8.67. The molecule has 1 aromatic carbocycles. The molecule has 1 amide bonds. The van der Waals surface area contributed by atoms with Gasteiger partial charge < -0.3 is 10.3 Å². The second-order valence-corrected chi connectivity index (χ2v) is 6.89. The van der Waals surface area contributed by atoms with E-state index >= 15 is 0 Å². The van der Waals surface area contributed by atoms with Crippen molar-refractivity contribution >= 4 is 5.91 Å². The van der Waals surface area contributed by atoms with Crippen LogP contribution in [0.25, 0.3) is 5.69 Å². The molecule has 0 aliphatic carbocycles. The minimum atomic E-state index is -0.239. The number of amides is 1. The molecule has 0 saturated carbocycles. The van der Waals surface area contributed by atoms with E-state index in [0.29, 0.717) is 6.54 Å². The topological polar surface area (TPSA) is 82.0 Å². The number of nitrogens with two attached hydrogens (primary N) is 1. The van der Waals surface area contributed by atoms with Gasteiger partial charge in [0.2, 0.25) is 5.91 Å². The molecule has 0 unspecified atom stereocenters. The molecule has 3 aromatic rings. The lowest BCUT2D eigenvalue weighted by Crippen LogP contribution is -2.29. The van der Waals surface area contributed by atoms with E-state index in [1.54, 1.807) is 17.2 Å². The van der Waals surface area contributed by atoms with Crippen molar-refractivity contribution in [2.24, 2.45) is 18.7 Å². The number of hydrogen-bond acceptors (Lipinski definition) is 4. The molecular formula is C19H22N6O. The minimum Gasteiger partial charge on any atom is -0.369 e. The number of carbonyl (C=O) groups excluding carboxylic acids is 1. The van der Waals surface area contributed by atoms with Gasteiger partial charge in [0.15, 0.2) is 0 Å². The number of imidazole rings is 1. The molecule has 1 saturated heterocycles. The van der Waals surface area contributed by atoms with Gasteiger partial charge in [-0.1, -0.05) is 12.1 Å². The fourth-order valence-electron chi connectivity index (χ4n) is 3.72. The second-order valence-electron chi connectivity index (χ2n) is 6.89. The van der Waals surface area contributed by atoms with Crippen LogP contribution in [0.15, 0.2) is 55.4 Å². The highest BCUT2D eigenvalue weighted by atomic mass is 16.1. The molecule has 1 aliphatic heterocycles. The van der Waals surface area contributed by atoms with E-state index < -0.39 is 0 Å². The average molecular weight is 350 g/mol. The largest absolute Gasteiger partial charge is 0.369 e. The molecule has 1 fully saturated rings. The fourth-order valence-corrected chi connectivity index (χ4v) is 3.72. The standard InChI is InChI=1S/C19H22N6O/c1-23-10-15(8-22-23)17-11-24(12-18(17)19(20)26)9-14-2-4-16(5-3-14)25-7-6-21-13-25/h2-8,10,13,17-18H,9,11-12H2,1H3,(H2,20,26)/t17-,18+/m1/s1. The van der Waals surface area contributed by atoms with Gasteiger partial charge in [-0.25, -0.2) is 4.98 Å². The van der Waals surface area contributed by atoms with E-state index in [4.69, 9.17) is 5.73 Å². The Morgan fingerprint density at radius 1 is 1.27 bits per heavy atom. The Morgan fingerprint density at radius 2 is 2.08 bits per heavy atom. The molecule has 7 nitrogen and oxygen atoms in total. The van der Waals surface area contributed by atoms with Gasteiger partial charge in [-0.2, -0.15) is 5.10 Å². The highest BCUT2D eigenvalue weighted by Gasteiger charge is 2.37. The van der Waals surface area contributed by atoms with E-state index in [2.05, 4.69) is 39.2 Å². The number of nitrogens with zero attached hydrogens (tertiary/aromatic N) is 5. The van der Waals surface area contributed by atoms with Crippen LogP contribution in [-0.2, 0) is 18.4 Å². The molecule has 2 atom stereocenters. The molecule has 1 aliphatic rings. The summed E-state index contributed by atoms with van der Waals surface area (Å²) < 4.78 is 3.74. The van der Waals surface area contributed by atoms with Crippen LogP contribution in [0.1, 0.15) is 17.0 Å². The number of benzene rings is 1. The molecule has 26 heavy (non-hydrogen) atoms. The number of hydrogen-bond donors (Lipinski definition) is 1. The third kappa shape index (κ3) is 3.25. The van der Waals surface area contributed by atoms with Gasteiger partial charge in [0.1, 0.15) is 0 Å². The van der Waals surface area contributed by atoms with Gasteiger partial charge >= 0.3 is 0 Å². The van der Waals surface area contributed by atoms with Gasteiger partial charge in [0.05, 0.1) is 18.4 Å². The molecule has 0 radical (unpaired) electrons. The number of carbonyl (C=O) groups is 1. The molecule has 2 N–H and O–H groups in total. The number of aromatic nitrogens is 4. The second kappa shape index (κ2) is 6.76. The Morgan fingerprint density at radius 3 is 2.69 bits per heavy atom. The Hall–Kier alpha value is -2.93. The zero-order valence-corrected chi connectivity index (χ0v) is 14.7. The predicted octanol–water partition coefficient (Wildman–Crippen LogP) is 1.31.